The molecule has 1 aromatic heterocycles. The molecule has 152 valence electrons. The van der Waals surface area contributed by atoms with Crippen LogP contribution in [-0.2, 0) is 6.42 Å². The Morgan fingerprint density at radius 2 is 1.64 bits per heavy atom. The highest BCUT2D eigenvalue weighted by Gasteiger charge is 2.19. The van der Waals surface area contributed by atoms with Gasteiger partial charge >= 0.3 is 0 Å². The summed E-state index contributed by atoms with van der Waals surface area (Å²) < 4.78 is 5.76. The highest BCUT2D eigenvalue weighted by Crippen LogP contribution is 2.33. The molecule has 0 saturated heterocycles. The van der Waals surface area contributed by atoms with Crippen LogP contribution in [0.4, 0.5) is 0 Å². The molecule has 0 amide bonds. The summed E-state index contributed by atoms with van der Waals surface area (Å²) in [4.78, 5) is 4.59. The molecule has 0 N–H and O–H groups in total. The predicted molar refractivity (Wildman–Crippen MR) is 119 cm³/mol. The van der Waals surface area contributed by atoms with Crippen LogP contribution in [0, 0.1) is 11.8 Å². The number of unbranched alkanes of at least 4 members (excludes halogenated alkanes) is 2. The molecule has 0 bridgehead atoms. The second kappa shape index (κ2) is 11.2. The fraction of sp³-hybridized carbons (Fsp3) is 0.577. The fourth-order valence-electron chi connectivity index (χ4n) is 4.32. The van der Waals surface area contributed by atoms with Crippen molar-refractivity contribution in [2.75, 3.05) is 6.61 Å². The highest BCUT2D eigenvalue weighted by atomic mass is 16.5. The third kappa shape index (κ3) is 6.36. The Labute approximate surface area is 171 Å². The summed E-state index contributed by atoms with van der Waals surface area (Å²) in [7, 11) is 0. The van der Waals surface area contributed by atoms with Gasteiger partial charge in [0.05, 0.1) is 18.5 Å². The first kappa shape index (κ1) is 20.9. The third-order valence-electron chi connectivity index (χ3n) is 6.39. The van der Waals surface area contributed by atoms with E-state index in [0.29, 0.717) is 0 Å². The lowest BCUT2D eigenvalue weighted by Crippen LogP contribution is -2.14. The summed E-state index contributed by atoms with van der Waals surface area (Å²) >= 11 is 0. The van der Waals surface area contributed by atoms with Crippen LogP contribution in [0.15, 0.2) is 42.6 Å². The van der Waals surface area contributed by atoms with E-state index in [2.05, 4.69) is 49.2 Å². The van der Waals surface area contributed by atoms with Gasteiger partial charge in [0.2, 0.25) is 0 Å². The topological polar surface area (TPSA) is 22.1 Å². The number of pyridine rings is 1. The summed E-state index contributed by atoms with van der Waals surface area (Å²) in [6.07, 6.45) is 15.1. The van der Waals surface area contributed by atoms with Crippen molar-refractivity contribution in [1.82, 2.24) is 4.98 Å². The lowest BCUT2D eigenvalue weighted by Gasteiger charge is -2.27. The van der Waals surface area contributed by atoms with Gasteiger partial charge in [0, 0.05) is 5.56 Å². The van der Waals surface area contributed by atoms with E-state index >= 15 is 0 Å². The van der Waals surface area contributed by atoms with Gasteiger partial charge in [-0.15, -0.1) is 0 Å². The lowest BCUT2D eigenvalue weighted by molar-refractivity contribution is 0.259. The molecule has 2 nitrogen and oxygen atoms in total. The molecular weight excluding hydrogens is 342 g/mol. The molecule has 0 radical (unpaired) electrons. The van der Waals surface area contributed by atoms with Gasteiger partial charge in [-0.3, -0.25) is 4.98 Å². The summed E-state index contributed by atoms with van der Waals surface area (Å²) in [5, 5.41) is 0. The SMILES string of the molecule is CCCCCOc1ccc(-c2ccc(CCC3CCC(CC)CC3)cc2)nc1. The summed E-state index contributed by atoms with van der Waals surface area (Å²) in [6.45, 7) is 5.33. The largest absolute Gasteiger partial charge is 0.492 e. The van der Waals surface area contributed by atoms with Crippen LogP contribution >= 0.6 is 0 Å². The van der Waals surface area contributed by atoms with Crippen molar-refractivity contribution >= 4 is 0 Å². The maximum absolute atomic E-state index is 5.76. The Hall–Kier alpha value is -1.83. The molecule has 0 spiro atoms. The van der Waals surface area contributed by atoms with Crippen LogP contribution in [0.3, 0.4) is 0 Å². The first-order valence-electron chi connectivity index (χ1n) is 11.5. The zero-order valence-corrected chi connectivity index (χ0v) is 17.8. The normalized spacial score (nSPS) is 19.5. The Kier molecular flexibility index (Phi) is 8.39. The van der Waals surface area contributed by atoms with Crippen molar-refractivity contribution in [2.45, 2.75) is 78.1 Å². The molecule has 28 heavy (non-hydrogen) atoms. The van der Waals surface area contributed by atoms with Crippen molar-refractivity contribution in [3.8, 4) is 17.0 Å². The molecule has 0 unspecified atom stereocenters. The van der Waals surface area contributed by atoms with Gasteiger partial charge in [0.15, 0.2) is 0 Å². The lowest BCUT2D eigenvalue weighted by atomic mass is 9.78. The van der Waals surface area contributed by atoms with E-state index in [9.17, 15) is 0 Å². The number of nitrogens with zero attached hydrogens (tertiary/aromatic N) is 1. The number of ether oxygens (including phenoxy) is 1. The van der Waals surface area contributed by atoms with Gasteiger partial charge in [-0.1, -0.05) is 83.1 Å². The average molecular weight is 380 g/mol. The molecule has 2 heteroatoms. The van der Waals surface area contributed by atoms with E-state index in [4.69, 9.17) is 4.74 Å². The van der Waals surface area contributed by atoms with Crippen LogP contribution in [0.2, 0.25) is 0 Å². The molecule has 1 fully saturated rings. The number of hydrogen-bond acceptors (Lipinski definition) is 2. The quantitative estimate of drug-likeness (QED) is 0.399. The predicted octanol–water partition coefficient (Wildman–Crippen LogP) is 7.47. The fourth-order valence-corrected chi connectivity index (χ4v) is 4.32. The van der Waals surface area contributed by atoms with Crippen LogP contribution in [0.25, 0.3) is 11.3 Å². The smallest absolute Gasteiger partial charge is 0.137 e. The van der Waals surface area contributed by atoms with E-state index in [1.54, 1.807) is 0 Å². The molecule has 2 aromatic rings. The van der Waals surface area contributed by atoms with E-state index < -0.39 is 0 Å². The first-order valence-corrected chi connectivity index (χ1v) is 11.5. The molecule has 1 saturated carbocycles. The Balaban J connectivity index is 1.46. The maximum atomic E-state index is 5.76. The van der Waals surface area contributed by atoms with Crippen LogP contribution in [0.5, 0.6) is 5.75 Å². The van der Waals surface area contributed by atoms with Crippen LogP contribution in [-0.4, -0.2) is 11.6 Å². The average Bonchev–Trinajstić information content (AvgIpc) is 2.76. The second-order valence-electron chi connectivity index (χ2n) is 8.47. The number of hydrogen-bond donors (Lipinski definition) is 0. The van der Waals surface area contributed by atoms with Crippen molar-refractivity contribution in [3.05, 3.63) is 48.2 Å². The number of benzene rings is 1. The molecule has 0 atom stereocenters. The standard InChI is InChI=1S/C26H37NO/c1-3-5-6-19-28-25-17-18-26(27-20-25)24-15-13-23(14-16-24)12-11-22-9-7-21(4-2)8-10-22/h13-18,20-22H,3-12,19H2,1-2H3. The van der Waals surface area contributed by atoms with E-state index in [-0.39, 0.29) is 0 Å². The Morgan fingerprint density at radius 3 is 2.29 bits per heavy atom. The summed E-state index contributed by atoms with van der Waals surface area (Å²) in [5.41, 5.74) is 3.66. The molecule has 0 aliphatic heterocycles. The van der Waals surface area contributed by atoms with Crippen LogP contribution < -0.4 is 4.74 Å². The van der Waals surface area contributed by atoms with E-state index in [1.165, 1.54) is 68.9 Å². The van der Waals surface area contributed by atoms with Gasteiger partial charge < -0.3 is 4.74 Å². The number of rotatable bonds is 10. The Bertz CT molecular complexity index is 669. The minimum absolute atomic E-state index is 0.781. The first-order chi connectivity index (χ1) is 13.8. The molecule has 3 rings (SSSR count). The van der Waals surface area contributed by atoms with Crippen molar-refractivity contribution < 1.29 is 4.74 Å². The maximum Gasteiger partial charge on any atom is 0.137 e. The van der Waals surface area contributed by atoms with Crippen LogP contribution in [0.1, 0.15) is 77.2 Å². The minimum atomic E-state index is 0.781. The monoisotopic (exact) mass is 379 g/mol. The molecule has 1 heterocycles. The summed E-state index contributed by atoms with van der Waals surface area (Å²) in [6, 6.07) is 13.1. The number of aryl methyl sites for hydroxylation is 1. The third-order valence-corrected chi connectivity index (χ3v) is 6.39. The van der Waals surface area contributed by atoms with Crippen molar-refractivity contribution in [3.63, 3.8) is 0 Å². The van der Waals surface area contributed by atoms with Gasteiger partial charge in [-0.2, -0.15) is 0 Å². The molecule has 1 aliphatic rings. The van der Waals surface area contributed by atoms with E-state index in [0.717, 1.165) is 36.3 Å². The molecule has 1 aliphatic carbocycles. The molecular formula is C26H37NO. The van der Waals surface area contributed by atoms with Gasteiger partial charge in [-0.05, 0) is 48.8 Å². The number of aromatic nitrogens is 1. The summed E-state index contributed by atoms with van der Waals surface area (Å²) in [5.74, 6) is 2.81. The zero-order valence-electron chi connectivity index (χ0n) is 17.8. The second-order valence-corrected chi connectivity index (χ2v) is 8.47. The zero-order chi connectivity index (χ0) is 19.6. The van der Waals surface area contributed by atoms with Crippen molar-refractivity contribution in [1.29, 1.82) is 0 Å². The Morgan fingerprint density at radius 1 is 0.893 bits per heavy atom. The minimum Gasteiger partial charge on any atom is -0.492 e. The van der Waals surface area contributed by atoms with Gasteiger partial charge in [0.25, 0.3) is 0 Å². The molecule has 1 aromatic carbocycles. The highest BCUT2D eigenvalue weighted by molar-refractivity contribution is 5.59. The van der Waals surface area contributed by atoms with E-state index in [1.807, 2.05) is 12.3 Å². The van der Waals surface area contributed by atoms with Crippen molar-refractivity contribution in [2.24, 2.45) is 11.8 Å². The van der Waals surface area contributed by atoms with Gasteiger partial charge in [-0.25, -0.2) is 0 Å². The van der Waals surface area contributed by atoms with Gasteiger partial charge in [0.1, 0.15) is 5.75 Å².